The van der Waals surface area contributed by atoms with Crippen LogP contribution >= 0.6 is 15.9 Å². The Morgan fingerprint density at radius 1 is 1.58 bits per heavy atom. The van der Waals surface area contributed by atoms with Gasteiger partial charge >= 0.3 is 0 Å². The molecule has 1 aromatic heterocycles. The highest BCUT2D eigenvalue weighted by Gasteiger charge is 1.92. The van der Waals surface area contributed by atoms with Crippen LogP contribution in [0.5, 0.6) is 5.75 Å². The van der Waals surface area contributed by atoms with E-state index in [1.54, 1.807) is 19.3 Å². The Labute approximate surface area is 80.1 Å². The fourth-order valence-corrected chi connectivity index (χ4v) is 1.01. The molecule has 0 aliphatic rings. The second-order valence-corrected chi connectivity index (χ2v) is 2.97. The minimum atomic E-state index is 0.411. The van der Waals surface area contributed by atoms with E-state index < -0.39 is 0 Å². The number of nitrogens with zero attached hydrogens (tertiary/aromatic N) is 1. The lowest BCUT2D eigenvalue weighted by Crippen LogP contribution is -1.93. The fourth-order valence-electron chi connectivity index (χ4n) is 0.663. The first-order chi connectivity index (χ1) is 5.83. The van der Waals surface area contributed by atoms with Gasteiger partial charge in [-0.05, 0) is 28.9 Å². The van der Waals surface area contributed by atoms with E-state index in [0.29, 0.717) is 6.61 Å². The summed E-state index contributed by atoms with van der Waals surface area (Å²) in [5, 5.41) is 0. The molecule has 0 saturated carbocycles. The van der Waals surface area contributed by atoms with Gasteiger partial charge in [-0.3, -0.25) is 4.98 Å². The van der Waals surface area contributed by atoms with Crippen molar-refractivity contribution >= 4 is 15.9 Å². The van der Waals surface area contributed by atoms with Gasteiger partial charge in [-0.2, -0.15) is 0 Å². The van der Waals surface area contributed by atoms with E-state index in [1.807, 2.05) is 6.07 Å². The highest BCUT2D eigenvalue weighted by molar-refractivity contribution is 9.10. The molecule has 1 rings (SSSR count). The number of halogens is 1. The standard InChI is InChI=1S/C9H8BrNO/c1-2-3-4-12-9-5-8(10)6-11-7-9/h5-7H,4H2,1H3. The summed E-state index contributed by atoms with van der Waals surface area (Å²) in [6.45, 7) is 2.19. The van der Waals surface area contributed by atoms with Crippen molar-refractivity contribution in [1.29, 1.82) is 0 Å². The predicted molar refractivity (Wildman–Crippen MR) is 50.9 cm³/mol. The summed E-state index contributed by atoms with van der Waals surface area (Å²) in [5.74, 6) is 6.28. The van der Waals surface area contributed by atoms with Crippen LogP contribution < -0.4 is 4.74 Å². The summed E-state index contributed by atoms with van der Waals surface area (Å²) in [6, 6.07) is 1.85. The van der Waals surface area contributed by atoms with Crippen molar-refractivity contribution in [2.45, 2.75) is 6.92 Å². The number of aromatic nitrogens is 1. The van der Waals surface area contributed by atoms with E-state index in [2.05, 4.69) is 32.8 Å². The highest BCUT2D eigenvalue weighted by atomic mass is 79.9. The lowest BCUT2D eigenvalue weighted by atomic mass is 10.5. The third kappa shape index (κ3) is 2.93. The van der Waals surface area contributed by atoms with E-state index in [-0.39, 0.29) is 0 Å². The van der Waals surface area contributed by atoms with Crippen LogP contribution in [0.25, 0.3) is 0 Å². The zero-order valence-electron chi connectivity index (χ0n) is 6.67. The molecule has 62 valence electrons. The molecular formula is C9H8BrNO. The summed E-state index contributed by atoms with van der Waals surface area (Å²) in [6.07, 6.45) is 3.36. The van der Waals surface area contributed by atoms with E-state index in [1.165, 1.54) is 0 Å². The van der Waals surface area contributed by atoms with Gasteiger partial charge in [0.25, 0.3) is 0 Å². The smallest absolute Gasteiger partial charge is 0.149 e. The van der Waals surface area contributed by atoms with E-state index in [0.717, 1.165) is 10.2 Å². The van der Waals surface area contributed by atoms with Gasteiger partial charge in [0, 0.05) is 10.7 Å². The molecule has 0 atom stereocenters. The van der Waals surface area contributed by atoms with E-state index in [9.17, 15) is 0 Å². The van der Waals surface area contributed by atoms with Gasteiger partial charge in [0.05, 0.1) is 6.20 Å². The molecule has 0 unspecified atom stereocenters. The molecule has 0 radical (unpaired) electrons. The molecule has 1 heterocycles. The Morgan fingerprint density at radius 2 is 2.42 bits per heavy atom. The SMILES string of the molecule is CC#CCOc1cncc(Br)c1. The van der Waals surface area contributed by atoms with Gasteiger partial charge in [-0.25, -0.2) is 0 Å². The predicted octanol–water partition coefficient (Wildman–Crippen LogP) is 2.25. The molecule has 1 aromatic rings. The number of rotatable bonds is 2. The first-order valence-electron chi connectivity index (χ1n) is 3.46. The summed E-state index contributed by atoms with van der Waals surface area (Å²) in [4.78, 5) is 3.94. The minimum absolute atomic E-state index is 0.411. The van der Waals surface area contributed by atoms with Gasteiger partial charge in [0.2, 0.25) is 0 Å². The number of ether oxygens (including phenoxy) is 1. The van der Waals surface area contributed by atoms with Crippen LogP contribution in [0.2, 0.25) is 0 Å². The average Bonchev–Trinajstić information content (AvgIpc) is 2.05. The van der Waals surface area contributed by atoms with Crippen molar-refractivity contribution in [3.63, 3.8) is 0 Å². The zero-order valence-corrected chi connectivity index (χ0v) is 8.26. The third-order valence-electron chi connectivity index (χ3n) is 1.17. The van der Waals surface area contributed by atoms with Crippen LogP contribution in [0, 0.1) is 11.8 Å². The van der Waals surface area contributed by atoms with Crippen LogP contribution in [0.3, 0.4) is 0 Å². The average molecular weight is 226 g/mol. The lowest BCUT2D eigenvalue weighted by Gasteiger charge is -2.00. The lowest BCUT2D eigenvalue weighted by molar-refractivity contribution is 0.368. The molecule has 0 aliphatic heterocycles. The zero-order chi connectivity index (χ0) is 8.81. The minimum Gasteiger partial charge on any atom is -0.479 e. The molecule has 3 heteroatoms. The molecule has 0 aliphatic carbocycles. The molecule has 0 aromatic carbocycles. The Hall–Kier alpha value is -1.01. The molecule has 0 N–H and O–H groups in total. The molecular weight excluding hydrogens is 218 g/mol. The largest absolute Gasteiger partial charge is 0.479 e. The Balaban J connectivity index is 2.55. The van der Waals surface area contributed by atoms with Crippen LogP contribution in [0.1, 0.15) is 6.92 Å². The maximum Gasteiger partial charge on any atom is 0.149 e. The number of hydrogen-bond donors (Lipinski definition) is 0. The van der Waals surface area contributed by atoms with Gasteiger partial charge in [-0.15, -0.1) is 5.92 Å². The second kappa shape index (κ2) is 4.78. The molecule has 0 fully saturated rings. The second-order valence-electron chi connectivity index (χ2n) is 2.05. The number of hydrogen-bond acceptors (Lipinski definition) is 2. The number of pyridine rings is 1. The van der Waals surface area contributed by atoms with Crippen LogP contribution in [0.4, 0.5) is 0 Å². The van der Waals surface area contributed by atoms with Crippen molar-refractivity contribution in [1.82, 2.24) is 4.98 Å². The third-order valence-corrected chi connectivity index (χ3v) is 1.60. The molecule has 0 spiro atoms. The van der Waals surface area contributed by atoms with Crippen LogP contribution in [0.15, 0.2) is 22.9 Å². The summed E-state index contributed by atoms with van der Waals surface area (Å²) >= 11 is 3.29. The van der Waals surface area contributed by atoms with Crippen LogP contribution in [-0.4, -0.2) is 11.6 Å². The van der Waals surface area contributed by atoms with Gasteiger partial charge in [-0.1, -0.05) is 5.92 Å². The molecule has 0 amide bonds. The van der Waals surface area contributed by atoms with Crippen LogP contribution in [-0.2, 0) is 0 Å². The van der Waals surface area contributed by atoms with E-state index >= 15 is 0 Å². The molecule has 12 heavy (non-hydrogen) atoms. The van der Waals surface area contributed by atoms with E-state index in [4.69, 9.17) is 4.74 Å². The Morgan fingerprint density at radius 3 is 3.08 bits per heavy atom. The van der Waals surface area contributed by atoms with Crippen molar-refractivity contribution < 1.29 is 4.74 Å². The maximum absolute atomic E-state index is 5.26. The molecule has 0 saturated heterocycles. The first kappa shape index (κ1) is 9.08. The topological polar surface area (TPSA) is 22.1 Å². The summed E-state index contributed by atoms with van der Waals surface area (Å²) < 4.78 is 6.17. The Bertz CT molecular complexity index is 314. The van der Waals surface area contributed by atoms with Gasteiger partial charge in [0.15, 0.2) is 0 Å². The van der Waals surface area contributed by atoms with Crippen molar-refractivity contribution in [3.05, 3.63) is 22.9 Å². The van der Waals surface area contributed by atoms with Crippen molar-refractivity contribution in [2.24, 2.45) is 0 Å². The normalized spacial score (nSPS) is 8.50. The quantitative estimate of drug-likeness (QED) is 0.721. The summed E-state index contributed by atoms with van der Waals surface area (Å²) in [7, 11) is 0. The monoisotopic (exact) mass is 225 g/mol. The van der Waals surface area contributed by atoms with Crippen molar-refractivity contribution in [2.75, 3.05) is 6.61 Å². The van der Waals surface area contributed by atoms with Gasteiger partial charge < -0.3 is 4.74 Å². The fraction of sp³-hybridized carbons (Fsp3) is 0.222. The highest BCUT2D eigenvalue weighted by Crippen LogP contribution is 2.15. The molecule has 0 bridgehead atoms. The Kier molecular flexibility index (Phi) is 3.62. The molecule has 2 nitrogen and oxygen atoms in total. The first-order valence-corrected chi connectivity index (χ1v) is 4.25. The summed E-state index contributed by atoms with van der Waals surface area (Å²) in [5.41, 5.74) is 0. The van der Waals surface area contributed by atoms with Crippen molar-refractivity contribution in [3.8, 4) is 17.6 Å². The van der Waals surface area contributed by atoms with Gasteiger partial charge in [0.1, 0.15) is 12.4 Å². The maximum atomic E-state index is 5.26.